The summed E-state index contributed by atoms with van der Waals surface area (Å²) in [4.78, 5) is 29.9. The third-order valence-corrected chi connectivity index (χ3v) is 4.95. The zero-order valence-corrected chi connectivity index (χ0v) is 15.6. The van der Waals surface area contributed by atoms with Gasteiger partial charge in [-0.15, -0.1) is 10.2 Å². The number of aryl methyl sites for hydroxylation is 1. The molecule has 0 fully saturated rings. The van der Waals surface area contributed by atoms with E-state index >= 15 is 0 Å². The van der Waals surface area contributed by atoms with E-state index < -0.39 is 11.9 Å². The van der Waals surface area contributed by atoms with Crippen molar-refractivity contribution in [1.29, 1.82) is 0 Å². The average Bonchev–Trinajstić information content (AvgIpc) is 3.15. The number of hydrogen-bond donors (Lipinski definition) is 2. The number of H-pyrrole nitrogens is 1. The van der Waals surface area contributed by atoms with Crippen molar-refractivity contribution < 1.29 is 9.59 Å². The summed E-state index contributed by atoms with van der Waals surface area (Å²) >= 11 is 0. The van der Waals surface area contributed by atoms with Gasteiger partial charge in [0.2, 0.25) is 11.7 Å². The quantitative estimate of drug-likeness (QED) is 0.731. The lowest BCUT2D eigenvalue weighted by Crippen LogP contribution is -2.47. The van der Waals surface area contributed by atoms with Gasteiger partial charge in [0.1, 0.15) is 11.9 Å². The number of amides is 2. The molecule has 142 valence electrons. The van der Waals surface area contributed by atoms with Gasteiger partial charge in [-0.3, -0.25) is 9.59 Å². The minimum atomic E-state index is -0.604. The number of nitrogens with one attached hydrogen (secondary N) is 2. The fourth-order valence-electron chi connectivity index (χ4n) is 3.45. The second kappa shape index (κ2) is 7.64. The highest BCUT2D eigenvalue weighted by Crippen LogP contribution is 2.25. The Labute approximate surface area is 162 Å². The lowest BCUT2D eigenvalue weighted by Gasteiger charge is -2.21. The average molecular weight is 375 g/mol. The molecule has 7 nitrogen and oxygen atoms in total. The fraction of sp³-hybridized carbons (Fsp3) is 0.238. The number of para-hydroxylation sites is 1. The smallest absolute Gasteiger partial charge is 0.289 e. The van der Waals surface area contributed by atoms with E-state index in [1.807, 2.05) is 54.6 Å². The number of fused-ring (bicyclic) bond motifs is 1. The molecule has 0 saturated heterocycles. The first kappa shape index (κ1) is 17.9. The first-order chi connectivity index (χ1) is 13.6. The number of rotatable bonds is 4. The SMILES string of the molecule is CN1C(=O)[C@@H](NC(=O)c2nnc(Cc3ccccc3)[nH]2)CCc2ccccc21. The first-order valence-electron chi connectivity index (χ1n) is 9.23. The van der Waals surface area contributed by atoms with E-state index in [2.05, 4.69) is 20.5 Å². The lowest BCUT2D eigenvalue weighted by molar-refractivity contribution is -0.120. The Morgan fingerprint density at radius 2 is 1.89 bits per heavy atom. The Hall–Kier alpha value is -3.48. The largest absolute Gasteiger partial charge is 0.337 e. The summed E-state index contributed by atoms with van der Waals surface area (Å²) in [6, 6.07) is 17.0. The summed E-state index contributed by atoms with van der Waals surface area (Å²) in [6.45, 7) is 0. The van der Waals surface area contributed by atoms with Crippen molar-refractivity contribution in [2.75, 3.05) is 11.9 Å². The number of aromatic amines is 1. The van der Waals surface area contributed by atoms with Crippen molar-refractivity contribution in [2.24, 2.45) is 0 Å². The van der Waals surface area contributed by atoms with E-state index in [9.17, 15) is 9.59 Å². The zero-order valence-electron chi connectivity index (χ0n) is 15.6. The van der Waals surface area contributed by atoms with Crippen LogP contribution in [0.1, 0.15) is 34.0 Å². The van der Waals surface area contributed by atoms with Crippen molar-refractivity contribution in [2.45, 2.75) is 25.3 Å². The van der Waals surface area contributed by atoms with Crippen LogP contribution in [0.15, 0.2) is 54.6 Å². The molecule has 0 radical (unpaired) electrons. The highest BCUT2D eigenvalue weighted by atomic mass is 16.2. The van der Waals surface area contributed by atoms with E-state index in [4.69, 9.17) is 0 Å². The van der Waals surface area contributed by atoms with Gasteiger partial charge in [-0.25, -0.2) is 0 Å². The summed E-state index contributed by atoms with van der Waals surface area (Å²) in [6.07, 6.45) is 1.81. The lowest BCUT2D eigenvalue weighted by atomic mass is 10.1. The predicted octanol–water partition coefficient (Wildman–Crippen LogP) is 2.10. The molecule has 1 aliphatic heterocycles. The van der Waals surface area contributed by atoms with Gasteiger partial charge in [0.25, 0.3) is 5.91 Å². The molecule has 0 aliphatic carbocycles. The predicted molar refractivity (Wildman–Crippen MR) is 105 cm³/mol. The van der Waals surface area contributed by atoms with Crippen molar-refractivity contribution in [1.82, 2.24) is 20.5 Å². The minimum absolute atomic E-state index is 0.114. The molecule has 28 heavy (non-hydrogen) atoms. The highest BCUT2D eigenvalue weighted by molar-refractivity contribution is 6.01. The number of carbonyl (C=O) groups is 2. The molecule has 3 aromatic rings. The number of benzene rings is 2. The van der Waals surface area contributed by atoms with E-state index in [0.717, 1.165) is 16.8 Å². The van der Waals surface area contributed by atoms with Gasteiger partial charge >= 0.3 is 0 Å². The zero-order chi connectivity index (χ0) is 19.5. The summed E-state index contributed by atoms with van der Waals surface area (Å²) in [5.74, 6) is 0.156. The van der Waals surface area contributed by atoms with Crippen LogP contribution in [-0.4, -0.2) is 40.1 Å². The van der Waals surface area contributed by atoms with Crippen LogP contribution in [0.5, 0.6) is 0 Å². The van der Waals surface area contributed by atoms with Gasteiger partial charge < -0.3 is 15.2 Å². The monoisotopic (exact) mass is 375 g/mol. The van der Waals surface area contributed by atoms with Gasteiger partial charge in [0.15, 0.2) is 0 Å². The highest BCUT2D eigenvalue weighted by Gasteiger charge is 2.30. The molecule has 0 saturated carbocycles. The van der Waals surface area contributed by atoms with Crippen molar-refractivity contribution in [3.63, 3.8) is 0 Å². The molecule has 0 spiro atoms. The molecule has 1 aromatic heterocycles. The van der Waals surface area contributed by atoms with Crippen LogP contribution in [0.4, 0.5) is 5.69 Å². The molecule has 2 N–H and O–H groups in total. The number of nitrogens with zero attached hydrogens (tertiary/aromatic N) is 3. The molecule has 0 unspecified atom stereocenters. The van der Waals surface area contributed by atoms with E-state index in [-0.39, 0.29) is 11.7 Å². The molecule has 2 heterocycles. The van der Waals surface area contributed by atoms with Crippen LogP contribution in [-0.2, 0) is 17.6 Å². The Balaban J connectivity index is 1.45. The molecular weight excluding hydrogens is 354 g/mol. The number of hydrogen-bond acceptors (Lipinski definition) is 4. The van der Waals surface area contributed by atoms with Crippen molar-refractivity contribution in [3.05, 3.63) is 77.4 Å². The Kier molecular flexibility index (Phi) is 4.89. The van der Waals surface area contributed by atoms with E-state index in [1.165, 1.54) is 0 Å². The van der Waals surface area contributed by atoms with Crippen LogP contribution in [0.3, 0.4) is 0 Å². The topological polar surface area (TPSA) is 91.0 Å². The summed E-state index contributed by atoms with van der Waals surface area (Å²) in [5, 5.41) is 10.8. The number of carbonyl (C=O) groups excluding carboxylic acids is 2. The van der Waals surface area contributed by atoms with Crippen LogP contribution in [0.2, 0.25) is 0 Å². The number of likely N-dealkylation sites (N-methyl/N-ethyl adjacent to an activating group) is 1. The molecule has 0 bridgehead atoms. The molecular formula is C21H21N5O2. The second-order valence-corrected chi connectivity index (χ2v) is 6.87. The fourth-order valence-corrected chi connectivity index (χ4v) is 3.45. The molecule has 2 amide bonds. The Bertz CT molecular complexity index is 999. The third-order valence-electron chi connectivity index (χ3n) is 4.95. The standard InChI is InChI=1S/C21H21N5O2/c1-26-17-10-6-5-9-15(17)11-12-16(21(26)28)22-20(27)19-23-18(24-25-19)13-14-7-3-2-4-8-14/h2-10,16H,11-13H2,1H3,(H,22,27)(H,23,24,25)/t16-/m0/s1. The Morgan fingerprint density at radius 1 is 1.14 bits per heavy atom. The van der Waals surface area contributed by atoms with E-state index in [1.54, 1.807) is 11.9 Å². The van der Waals surface area contributed by atoms with Crippen LogP contribution >= 0.6 is 0 Å². The van der Waals surface area contributed by atoms with Gasteiger partial charge in [-0.2, -0.15) is 0 Å². The minimum Gasteiger partial charge on any atom is -0.337 e. The second-order valence-electron chi connectivity index (χ2n) is 6.87. The van der Waals surface area contributed by atoms with Crippen LogP contribution in [0.25, 0.3) is 0 Å². The molecule has 1 atom stereocenters. The number of aromatic nitrogens is 3. The Morgan fingerprint density at radius 3 is 2.71 bits per heavy atom. The normalized spacial score (nSPS) is 16.4. The molecule has 1 aliphatic rings. The maximum absolute atomic E-state index is 12.8. The van der Waals surface area contributed by atoms with E-state index in [0.29, 0.717) is 25.1 Å². The molecule has 4 rings (SSSR count). The first-order valence-corrected chi connectivity index (χ1v) is 9.23. The summed E-state index contributed by atoms with van der Waals surface area (Å²) in [5.41, 5.74) is 3.05. The van der Waals surface area contributed by atoms with Gasteiger partial charge in [0, 0.05) is 19.2 Å². The van der Waals surface area contributed by atoms with Crippen molar-refractivity contribution >= 4 is 17.5 Å². The van der Waals surface area contributed by atoms with Gasteiger partial charge in [0.05, 0.1) is 0 Å². The maximum atomic E-state index is 12.8. The van der Waals surface area contributed by atoms with Crippen LogP contribution < -0.4 is 10.2 Å². The number of anilines is 1. The van der Waals surface area contributed by atoms with Crippen LogP contribution in [0, 0.1) is 0 Å². The third kappa shape index (κ3) is 3.64. The molecule has 7 heteroatoms. The van der Waals surface area contributed by atoms with Gasteiger partial charge in [-0.1, -0.05) is 48.5 Å². The van der Waals surface area contributed by atoms with Gasteiger partial charge in [-0.05, 0) is 30.0 Å². The summed E-state index contributed by atoms with van der Waals surface area (Å²) < 4.78 is 0. The maximum Gasteiger partial charge on any atom is 0.289 e. The summed E-state index contributed by atoms with van der Waals surface area (Å²) in [7, 11) is 1.73. The molecule has 2 aromatic carbocycles. The van der Waals surface area contributed by atoms with Crippen molar-refractivity contribution in [3.8, 4) is 0 Å².